The zero-order valence-electron chi connectivity index (χ0n) is 19.8. The van der Waals surface area contributed by atoms with Gasteiger partial charge in [-0.1, -0.05) is 78.9 Å². The summed E-state index contributed by atoms with van der Waals surface area (Å²) in [7, 11) is 0. The van der Waals surface area contributed by atoms with Gasteiger partial charge < -0.3 is 9.67 Å². The Morgan fingerprint density at radius 3 is 2.28 bits per heavy atom. The molecule has 2 heterocycles. The lowest BCUT2D eigenvalue weighted by Crippen LogP contribution is -2.28. The molecule has 0 spiro atoms. The molecule has 5 rings (SSSR count). The van der Waals surface area contributed by atoms with Gasteiger partial charge in [0.2, 0.25) is 0 Å². The molecular formula is C29H25N3O3S. The number of amidine groups is 1. The highest BCUT2D eigenvalue weighted by atomic mass is 32.2. The fraction of sp³-hybridized carbons (Fsp3) is 0.138. The number of benzene rings is 3. The van der Waals surface area contributed by atoms with E-state index in [0.717, 1.165) is 33.3 Å². The molecule has 0 radical (unpaired) electrons. The molecule has 3 aromatic carbocycles. The summed E-state index contributed by atoms with van der Waals surface area (Å²) in [5, 5.41) is 11.0. The van der Waals surface area contributed by atoms with E-state index in [2.05, 4.69) is 0 Å². The number of aromatic nitrogens is 1. The van der Waals surface area contributed by atoms with Gasteiger partial charge >= 0.3 is 5.97 Å². The lowest BCUT2D eigenvalue weighted by atomic mass is 10.1. The van der Waals surface area contributed by atoms with E-state index < -0.39 is 5.97 Å². The summed E-state index contributed by atoms with van der Waals surface area (Å²) in [6.07, 6.45) is 1.88. The number of aliphatic imine (C=N–C) groups is 1. The Labute approximate surface area is 213 Å². The second-order valence-electron chi connectivity index (χ2n) is 8.57. The highest BCUT2D eigenvalue weighted by Gasteiger charge is 2.33. The van der Waals surface area contributed by atoms with Crippen molar-refractivity contribution < 1.29 is 14.7 Å². The van der Waals surface area contributed by atoms with Gasteiger partial charge in [-0.2, -0.15) is 0 Å². The maximum Gasteiger partial charge on any atom is 0.323 e. The Morgan fingerprint density at radius 2 is 1.58 bits per heavy atom. The smallest absolute Gasteiger partial charge is 0.323 e. The van der Waals surface area contributed by atoms with Crippen molar-refractivity contribution >= 4 is 45.8 Å². The second-order valence-corrected chi connectivity index (χ2v) is 9.58. The van der Waals surface area contributed by atoms with Crippen molar-refractivity contribution in [3.05, 3.63) is 112 Å². The molecule has 6 nitrogen and oxygen atoms in total. The van der Waals surface area contributed by atoms with Crippen molar-refractivity contribution in [2.75, 3.05) is 0 Å². The number of hydrogen-bond donors (Lipinski definition) is 1. The number of carbonyl (C=O) groups excluding carboxylic acids is 1. The number of rotatable bonds is 7. The molecule has 7 heteroatoms. The predicted molar refractivity (Wildman–Crippen MR) is 144 cm³/mol. The number of fused-ring (bicyclic) bond motifs is 1. The van der Waals surface area contributed by atoms with Crippen molar-refractivity contribution in [3.8, 4) is 0 Å². The highest BCUT2D eigenvalue weighted by molar-refractivity contribution is 8.18. The average molecular weight is 496 g/mol. The van der Waals surface area contributed by atoms with Gasteiger partial charge in [-0.3, -0.25) is 19.5 Å². The Bertz CT molecular complexity index is 1490. The molecule has 0 saturated carbocycles. The maximum absolute atomic E-state index is 13.6. The van der Waals surface area contributed by atoms with Crippen molar-refractivity contribution in [1.29, 1.82) is 0 Å². The molecule has 1 fully saturated rings. The summed E-state index contributed by atoms with van der Waals surface area (Å²) in [4.78, 5) is 32.2. The summed E-state index contributed by atoms with van der Waals surface area (Å²) < 4.78 is 1.78. The molecule has 1 N–H and O–H groups in total. The summed E-state index contributed by atoms with van der Waals surface area (Å²) >= 11 is 1.36. The van der Waals surface area contributed by atoms with Crippen LogP contribution in [0.3, 0.4) is 0 Å². The first-order valence-electron chi connectivity index (χ1n) is 11.6. The summed E-state index contributed by atoms with van der Waals surface area (Å²) in [5.41, 5.74) is 4.59. The van der Waals surface area contributed by atoms with Gasteiger partial charge in [-0.05, 0) is 42.0 Å². The number of carboxylic acids is 1. The molecule has 36 heavy (non-hydrogen) atoms. The molecule has 0 bridgehead atoms. The normalized spacial score (nSPS) is 15.9. The highest BCUT2D eigenvalue weighted by Crippen LogP contribution is 2.36. The van der Waals surface area contributed by atoms with Crippen LogP contribution in [-0.2, 0) is 29.2 Å². The van der Waals surface area contributed by atoms with Crippen LogP contribution in [0.5, 0.6) is 0 Å². The number of hydrogen-bond acceptors (Lipinski definition) is 4. The van der Waals surface area contributed by atoms with E-state index in [9.17, 15) is 14.7 Å². The van der Waals surface area contributed by atoms with Crippen LogP contribution >= 0.6 is 11.8 Å². The van der Waals surface area contributed by atoms with Crippen molar-refractivity contribution in [2.24, 2.45) is 4.99 Å². The lowest BCUT2D eigenvalue weighted by molar-refractivity contribution is -0.137. The van der Waals surface area contributed by atoms with Crippen LogP contribution in [0.15, 0.2) is 94.8 Å². The Morgan fingerprint density at radius 1 is 0.944 bits per heavy atom. The van der Waals surface area contributed by atoms with Crippen LogP contribution in [0.4, 0.5) is 0 Å². The lowest BCUT2D eigenvalue weighted by Gasteiger charge is -2.15. The fourth-order valence-corrected chi connectivity index (χ4v) is 5.34. The number of carboxylic acid groups (broad SMARTS) is 1. The van der Waals surface area contributed by atoms with Crippen LogP contribution < -0.4 is 0 Å². The van der Waals surface area contributed by atoms with E-state index in [1.165, 1.54) is 11.8 Å². The Hall–Kier alpha value is -4.10. The van der Waals surface area contributed by atoms with Gasteiger partial charge in [0.1, 0.15) is 6.54 Å². The molecular weight excluding hydrogens is 470 g/mol. The second kappa shape index (κ2) is 10.3. The van der Waals surface area contributed by atoms with E-state index in [1.807, 2.05) is 97.9 Å². The maximum atomic E-state index is 13.6. The number of thioether (sulfide) groups is 1. The molecule has 1 amide bonds. The molecule has 4 aromatic rings. The summed E-state index contributed by atoms with van der Waals surface area (Å²) in [6, 6.07) is 27.5. The van der Waals surface area contributed by atoms with Gasteiger partial charge in [0.05, 0.1) is 18.0 Å². The summed E-state index contributed by atoms with van der Waals surface area (Å²) in [5.74, 6) is -1.01. The van der Waals surface area contributed by atoms with Gasteiger partial charge in [0, 0.05) is 22.2 Å². The quantitative estimate of drug-likeness (QED) is 0.334. The Balaban J connectivity index is 1.54. The zero-order valence-corrected chi connectivity index (χ0v) is 20.6. The minimum Gasteiger partial charge on any atom is -0.480 e. The van der Waals surface area contributed by atoms with Gasteiger partial charge in [0.15, 0.2) is 5.17 Å². The number of para-hydroxylation sites is 1. The van der Waals surface area contributed by atoms with E-state index in [1.54, 1.807) is 9.47 Å². The molecule has 1 aromatic heterocycles. The number of amides is 1. The third kappa shape index (κ3) is 4.83. The Kier molecular flexibility index (Phi) is 6.73. The minimum absolute atomic E-state index is 0.106. The van der Waals surface area contributed by atoms with Crippen molar-refractivity contribution in [3.63, 3.8) is 0 Å². The van der Waals surface area contributed by atoms with Crippen LogP contribution in [0.1, 0.15) is 22.4 Å². The first-order valence-corrected chi connectivity index (χ1v) is 12.5. The first kappa shape index (κ1) is 23.6. The minimum atomic E-state index is -0.909. The largest absolute Gasteiger partial charge is 0.480 e. The van der Waals surface area contributed by atoms with E-state index in [0.29, 0.717) is 23.2 Å². The SMILES string of the molecule is Cc1c(C=C2SC(=NCc3ccccc3)N(Cc3ccccc3)C2=O)c2ccccc2n1CC(=O)O. The van der Waals surface area contributed by atoms with Gasteiger partial charge in [-0.15, -0.1) is 0 Å². The molecule has 0 atom stereocenters. The average Bonchev–Trinajstić information content (AvgIpc) is 3.32. The van der Waals surface area contributed by atoms with Crippen LogP contribution in [-0.4, -0.2) is 31.6 Å². The molecule has 1 aliphatic rings. The van der Waals surface area contributed by atoms with E-state index >= 15 is 0 Å². The van der Waals surface area contributed by atoms with Crippen LogP contribution in [0.25, 0.3) is 17.0 Å². The van der Waals surface area contributed by atoms with Crippen LogP contribution in [0, 0.1) is 6.92 Å². The van der Waals surface area contributed by atoms with Crippen molar-refractivity contribution in [1.82, 2.24) is 9.47 Å². The summed E-state index contributed by atoms with van der Waals surface area (Å²) in [6.45, 7) is 2.66. The molecule has 180 valence electrons. The standard InChI is InChI=1S/C29H25N3O3S/c1-20-24(23-14-8-9-15-25(23)31(20)19-27(33)34)16-26-28(35)32(18-22-12-6-3-7-13-22)29(36-26)30-17-21-10-4-2-5-11-21/h2-16H,17-19H2,1H3,(H,33,34). The van der Waals surface area contributed by atoms with Crippen LogP contribution in [0.2, 0.25) is 0 Å². The first-order chi connectivity index (χ1) is 17.5. The molecule has 1 aliphatic heterocycles. The number of aliphatic carboxylic acids is 1. The fourth-order valence-electron chi connectivity index (χ4n) is 4.38. The predicted octanol–water partition coefficient (Wildman–Crippen LogP) is 5.71. The number of carbonyl (C=O) groups is 2. The molecule has 0 aliphatic carbocycles. The van der Waals surface area contributed by atoms with Crippen molar-refractivity contribution in [2.45, 2.75) is 26.6 Å². The monoisotopic (exact) mass is 495 g/mol. The van der Waals surface area contributed by atoms with Gasteiger partial charge in [-0.25, -0.2) is 0 Å². The molecule has 0 unspecified atom stereocenters. The topological polar surface area (TPSA) is 74.9 Å². The van der Waals surface area contributed by atoms with E-state index in [4.69, 9.17) is 4.99 Å². The third-order valence-electron chi connectivity index (χ3n) is 6.16. The van der Waals surface area contributed by atoms with E-state index in [-0.39, 0.29) is 12.5 Å². The number of nitrogens with zero attached hydrogens (tertiary/aromatic N) is 3. The van der Waals surface area contributed by atoms with Gasteiger partial charge in [0.25, 0.3) is 5.91 Å². The third-order valence-corrected chi connectivity index (χ3v) is 7.20. The zero-order chi connectivity index (χ0) is 25.1. The molecule has 1 saturated heterocycles.